The lowest BCUT2D eigenvalue weighted by molar-refractivity contribution is 0.0609. The SMILES string of the molecule is C=C(/C=C(/N1CCOCC1)n1nc(C(O)CO)cc1C)n1ccc(-c2cccc(C)c2)n1. The number of hydrogen-bond donors (Lipinski definition) is 2. The fraction of sp³-hybridized carbons (Fsp3) is 0.333. The Balaban J connectivity index is 1.68. The summed E-state index contributed by atoms with van der Waals surface area (Å²) in [7, 11) is 0. The van der Waals surface area contributed by atoms with Gasteiger partial charge in [0, 0.05) is 36.6 Å². The van der Waals surface area contributed by atoms with Gasteiger partial charge >= 0.3 is 0 Å². The van der Waals surface area contributed by atoms with E-state index in [-0.39, 0.29) is 6.61 Å². The number of aliphatic hydroxyl groups is 2. The van der Waals surface area contributed by atoms with Crippen molar-refractivity contribution in [2.24, 2.45) is 0 Å². The highest BCUT2D eigenvalue weighted by Gasteiger charge is 2.21. The van der Waals surface area contributed by atoms with E-state index in [1.54, 1.807) is 15.4 Å². The van der Waals surface area contributed by atoms with E-state index in [9.17, 15) is 10.2 Å². The molecular weight excluding hydrogens is 406 g/mol. The molecule has 4 rings (SSSR count). The van der Waals surface area contributed by atoms with E-state index in [1.165, 1.54) is 5.56 Å². The minimum absolute atomic E-state index is 0.380. The van der Waals surface area contributed by atoms with Crippen molar-refractivity contribution in [3.63, 3.8) is 0 Å². The summed E-state index contributed by atoms with van der Waals surface area (Å²) in [6.07, 6.45) is 2.81. The second kappa shape index (κ2) is 9.52. The van der Waals surface area contributed by atoms with Crippen LogP contribution in [0.3, 0.4) is 0 Å². The summed E-state index contributed by atoms with van der Waals surface area (Å²) in [5.41, 5.74) is 5.07. The van der Waals surface area contributed by atoms with E-state index in [0.717, 1.165) is 22.8 Å². The van der Waals surface area contributed by atoms with Crippen molar-refractivity contribution >= 4 is 11.5 Å². The van der Waals surface area contributed by atoms with Gasteiger partial charge in [0.15, 0.2) is 0 Å². The number of nitrogens with zero attached hydrogens (tertiary/aromatic N) is 5. The first kappa shape index (κ1) is 22.0. The molecule has 1 aromatic carbocycles. The summed E-state index contributed by atoms with van der Waals surface area (Å²) in [5.74, 6) is 0.819. The fourth-order valence-electron chi connectivity index (χ4n) is 3.72. The zero-order chi connectivity index (χ0) is 22.7. The van der Waals surface area contributed by atoms with Crippen LogP contribution in [0.15, 0.2) is 55.3 Å². The van der Waals surface area contributed by atoms with Gasteiger partial charge < -0.3 is 19.8 Å². The van der Waals surface area contributed by atoms with Crippen LogP contribution in [-0.4, -0.2) is 67.6 Å². The highest BCUT2D eigenvalue weighted by Crippen LogP contribution is 2.23. The molecule has 0 bridgehead atoms. The Morgan fingerprint density at radius 1 is 1.19 bits per heavy atom. The summed E-state index contributed by atoms with van der Waals surface area (Å²) in [5, 5.41) is 28.6. The van der Waals surface area contributed by atoms with Gasteiger partial charge in [-0.3, -0.25) is 0 Å². The first-order valence-electron chi connectivity index (χ1n) is 10.7. The van der Waals surface area contributed by atoms with Gasteiger partial charge in [-0.15, -0.1) is 0 Å². The molecule has 3 aromatic rings. The highest BCUT2D eigenvalue weighted by molar-refractivity contribution is 5.67. The molecule has 1 atom stereocenters. The molecule has 8 heteroatoms. The Hall–Kier alpha value is -3.20. The second-order valence-corrected chi connectivity index (χ2v) is 7.93. The van der Waals surface area contributed by atoms with Gasteiger partial charge in [-0.05, 0) is 32.0 Å². The Labute approximate surface area is 187 Å². The standard InChI is InChI=1S/C24H29N5O3/c1-17-5-4-6-20(13-17)21-7-8-28(25-21)18(2)15-24(27-9-11-32-12-10-27)29-19(3)14-22(26-29)23(31)16-30/h4-8,13-15,23,30-31H,2,9-12,16H2,1,3H3/b24-15-. The van der Waals surface area contributed by atoms with E-state index in [1.807, 2.05) is 37.4 Å². The number of allylic oxidation sites excluding steroid dienone is 2. The number of ether oxygens (including phenoxy) is 1. The summed E-state index contributed by atoms with van der Waals surface area (Å²) in [4.78, 5) is 2.18. The van der Waals surface area contributed by atoms with Crippen molar-refractivity contribution in [2.45, 2.75) is 20.0 Å². The van der Waals surface area contributed by atoms with Crippen LogP contribution in [-0.2, 0) is 4.74 Å². The molecule has 0 aliphatic carbocycles. The molecule has 1 unspecified atom stereocenters. The molecule has 1 fully saturated rings. The summed E-state index contributed by atoms with van der Waals surface area (Å²) in [6.45, 7) is 10.5. The monoisotopic (exact) mass is 435 g/mol. The number of rotatable bonds is 7. The Morgan fingerprint density at radius 3 is 2.69 bits per heavy atom. The maximum atomic E-state index is 10.0. The molecular formula is C24H29N5O3. The highest BCUT2D eigenvalue weighted by atomic mass is 16.5. The Bertz CT molecular complexity index is 1120. The third kappa shape index (κ3) is 4.67. The van der Waals surface area contributed by atoms with Crippen LogP contribution in [0.4, 0.5) is 0 Å². The van der Waals surface area contributed by atoms with Crippen LogP contribution < -0.4 is 0 Å². The van der Waals surface area contributed by atoms with Gasteiger partial charge in [-0.1, -0.05) is 30.3 Å². The molecule has 32 heavy (non-hydrogen) atoms. The van der Waals surface area contributed by atoms with Crippen LogP contribution in [0.25, 0.3) is 22.8 Å². The normalized spacial score (nSPS) is 15.8. The van der Waals surface area contributed by atoms with Crippen LogP contribution >= 0.6 is 0 Å². The molecule has 0 amide bonds. The molecule has 1 aliphatic rings. The summed E-state index contributed by atoms with van der Waals surface area (Å²) >= 11 is 0. The maximum absolute atomic E-state index is 10.0. The number of aryl methyl sites for hydroxylation is 2. The zero-order valence-electron chi connectivity index (χ0n) is 18.5. The first-order valence-corrected chi connectivity index (χ1v) is 10.7. The lowest BCUT2D eigenvalue weighted by Gasteiger charge is -2.31. The lowest BCUT2D eigenvalue weighted by Crippen LogP contribution is -2.37. The number of aliphatic hydroxyl groups excluding tert-OH is 2. The van der Waals surface area contributed by atoms with Gasteiger partial charge in [-0.25, -0.2) is 9.36 Å². The number of morpholine rings is 1. The second-order valence-electron chi connectivity index (χ2n) is 7.93. The largest absolute Gasteiger partial charge is 0.393 e. The predicted octanol–water partition coefficient (Wildman–Crippen LogP) is 2.69. The van der Waals surface area contributed by atoms with Crippen molar-refractivity contribution in [3.05, 3.63) is 72.2 Å². The molecule has 3 heterocycles. The summed E-state index contributed by atoms with van der Waals surface area (Å²) < 4.78 is 9.04. The van der Waals surface area contributed by atoms with E-state index >= 15 is 0 Å². The summed E-state index contributed by atoms with van der Waals surface area (Å²) in [6, 6.07) is 12.0. The van der Waals surface area contributed by atoms with Gasteiger partial charge in [0.05, 0.1) is 36.9 Å². The lowest BCUT2D eigenvalue weighted by atomic mass is 10.1. The molecule has 2 N–H and O–H groups in total. The molecule has 8 nitrogen and oxygen atoms in total. The van der Waals surface area contributed by atoms with E-state index in [0.29, 0.717) is 37.7 Å². The average molecular weight is 436 g/mol. The zero-order valence-corrected chi connectivity index (χ0v) is 18.5. The topological polar surface area (TPSA) is 88.6 Å². The molecule has 1 aliphatic heterocycles. The smallest absolute Gasteiger partial charge is 0.132 e. The molecule has 1 saturated heterocycles. The van der Waals surface area contributed by atoms with Crippen LogP contribution in [0.1, 0.15) is 23.1 Å². The Kier molecular flexibility index (Phi) is 6.55. The van der Waals surface area contributed by atoms with E-state index < -0.39 is 6.10 Å². The Morgan fingerprint density at radius 2 is 1.97 bits per heavy atom. The minimum Gasteiger partial charge on any atom is -0.393 e. The van der Waals surface area contributed by atoms with Gasteiger partial charge in [0.1, 0.15) is 11.9 Å². The fourth-order valence-corrected chi connectivity index (χ4v) is 3.72. The number of hydrogen-bond acceptors (Lipinski definition) is 6. The van der Waals surface area contributed by atoms with Crippen LogP contribution in [0.5, 0.6) is 0 Å². The van der Waals surface area contributed by atoms with Crippen molar-refractivity contribution in [1.29, 1.82) is 0 Å². The maximum Gasteiger partial charge on any atom is 0.132 e. The van der Waals surface area contributed by atoms with Gasteiger partial charge in [-0.2, -0.15) is 10.2 Å². The van der Waals surface area contributed by atoms with Crippen molar-refractivity contribution in [2.75, 3.05) is 32.9 Å². The van der Waals surface area contributed by atoms with Gasteiger partial charge in [0.2, 0.25) is 0 Å². The molecule has 0 radical (unpaired) electrons. The van der Waals surface area contributed by atoms with Crippen molar-refractivity contribution < 1.29 is 14.9 Å². The van der Waals surface area contributed by atoms with E-state index in [2.05, 4.69) is 35.6 Å². The molecule has 0 spiro atoms. The molecule has 0 saturated carbocycles. The molecule has 168 valence electrons. The van der Waals surface area contributed by atoms with E-state index in [4.69, 9.17) is 9.84 Å². The van der Waals surface area contributed by atoms with Gasteiger partial charge in [0.25, 0.3) is 0 Å². The van der Waals surface area contributed by atoms with Crippen LogP contribution in [0.2, 0.25) is 0 Å². The minimum atomic E-state index is -1.02. The number of benzene rings is 1. The third-order valence-electron chi connectivity index (χ3n) is 5.47. The first-order chi connectivity index (χ1) is 15.5. The van der Waals surface area contributed by atoms with Crippen LogP contribution in [0, 0.1) is 13.8 Å². The van der Waals surface area contributed by atoms with Crippen molar-refractivity contribution in [3.8, 4) is 11.3 Å². The van der Waals surface area contributed by atoms with Crippen molar-refractivity contribution in [1.82, 2.24) is 24.5 Å². The molecule has 2 aromatic heterocycles. The predicted molar refractivity (Wildman–Crippen MR) is 123 cm³/mol. The average Bonchev–Trinajstić information content (AvgIpc) is 3.45. The quantitative estimate of drug-likeness (QED) is 0.555. The third-order valence-corrected chi connectivity index (χ3v) is 5.47. The number of aromatic nitrogens is 4.